The SMILES string of the molecule is CO[C@@H]1CC[C@@H]([N+](=O)[O-])C(C)O1. The molecule has 0 aromatic rings. The van der Waals surface area contributed by atoms with Crippen LogP contribution in [-0.4, -0.2) is 30.5 Å². The molecule has 3 atom stereocenters. The second-order valence-electron chi connectivity index (χ2n) is 2.94. The number of nitro groups is 1. The zero-order valence-electron chi connectivity index (χ0n) is 7.23. The highest BCUT2D eigenvalue weighted by Crippen LogP contribution is 2.21. The molecule has 1 aliphatic heterocycles. The molecule has 1 fully saturated rings. The fraction of sp³-hybridized carbons (Fsp3) is 1.00. The third kappa shape index (κ3) is 1.92. The lowest BCUT2D eigenvalue weighted by molar-refractivity contribution is -0.544. The maximum absolute atomic E-state index is 10.4. The van der Waals surface area contributed by atoms with Crippen molar-refractivity contribution in [1.82, 2.24) is 0 Å². The van der Waals surface area contributed by atoms with Gasteiger partial charge in [0.2, 0.25) is 6.04 Å². The van der Waals surface area contributed by atoms with Crippen LogP contribution in [0.2, 0.25) is 0 Å². The molecule has 0 saturated carbocycles. The molecule has 0 aromatic carbocycles. The van der Waals surface area contributed by atoms with Crippen LogP contribution in [0.15, 0.2) is 0 Å². The zero-order chi connectivity index (χ0) is 9.14. The summed E-state index contributed by atoms with van der Waals surface area (Å²) < 4.78 is 10.2. The summed E-state index contributed by atoms with van der Waals surface area (Å²) in [6.07, 6.45) is 0.522. The van der Waals surface area contributed by atoms with Crippen molar-refractivity contribution in [3.63, 3.8) is 0 Å². The highest BCUT2D eigenvalue weighted by Gasteiger charge is 2.35. The number of nitrogens with zero attached hydrogens (tertiary/aromatic N) is 1. The van der Waals surface area contributed by atoms with Gasteiger partial charge >= 0.3 is 0 Å². The van der Waals surface area contributed by atoms with E-state index in [2.05, 4.69) is 0 Å². The summed E-state index contributed by atoms with van der Waals surface area (Å²) in [5.74, 6) is 0. The predicted molar refractivity (Wildman–Crippen MR) is 41.4 cm³/mol. The number of methoxy groups -OCH3 is 1. The minimum absolute atomic E-state index is 0.267. The molecule has 1 rings (SSSR count). The molecule has 0 radical (unpaired) electrons. The van der Waals surface area contributed by atoms with E-state index in [-0.39, 0.29) is 17.3 Å². The van der Waals surface area contributed by atoms with E-state index in [4.69, 9.17) is 9.47 Å². The lowest BCUT2D eigenvalue weighted by Gasteiger charge is -2.28. The summed E-state index contributed by atoms with van der Waals surface area (Å²) >= 11 is 0. The number of hydrogen-bond donors (Lipinski definition) is 0. The van der Waals surface area contributed by atoms with Gasteiger partial charge in [-0.05, 0) is 6.92 Å². The van der Waals surface area contributed by atoms with E-state index >= 15 is 0 Å². The monoisotopic (exact) mass is 175 g/mol. The molecule has 0 aliphatic carbocycles. The third-order valence-electron chi connectivity index (χ3n) is 2.14. The second kappa shape index (κ2) is 3.82. The van der Waals surface area contributed by atoms with Crippen molar-refractivity contribution in [2.24, 2.45) is 0 Å². The van der Waals surface area contributed by atoms with Gasteiger partial charge in [0.25, 0.3) is 0 Å². The molecule has 5 nitrogen and oxygen atoms in total. The van der Waals surface area contributed by atoms with Crippen molar-refractivity contribution in [1.29, 1.82) is 0 Å². The Morgan fingerprint density at radius 1 is 1.58 bits per heavy atom. The average Bonchev–Trinajstić information content (AvgIpc) is 2.03. The fourth-order valence-corrected chi connectivity index (χ4v) is 1.39. The third-order valence-corrected chi connectivity index (χ3v) is 2.14. The smallest absolute Gasteiger partial charge is 0.238 e. The first-order valence-corrected chi connectivity index (χ1v) is 3.97. The van der Waals surface area contributed by atoms with Gasteiger partial charge in [-0.2, -0.15) is 0 Å². The van der Waals surface area contributed by atoms with Gasteiger partial charge in [0.15, 0.2) is 6.29 Å². The first kappa shape index (κ1) is 9.41. The normalized spacial score (nSPS) is 36.3. The molecule has 1 heterocycles. The molecular formula is C7H13NO4. The highest BCUT2D eigenvalue weighted by molar-refractivity contribution is 4.71. The summed E-state index contributed by atoms with van der Waals surface area (Å²) in [6.45, 7) is 1.71. The molecular weight excluding hydrogens is 162 g/mol. The van der Waals surface area contributed by atoms with Gasteiger partial charge in [0.1, 0.15) is 6.10 Å². The second-order valence-corrected chi connectivity index (χ2v) is 2.94. The Morgan fingerprint density at radius 2 is 2.25 bits per heavy atom. The first-order chi connectivity index (χ1) is 5.65. The Labute approximate surface area is 70.8 Å². The fourth-order valence-electron chi connectivity index (χ4n) is 1.39. The lowest BCUT2D eigenvalue weighted by Crippen LogP contribution is -2.42. The van der Waals surface area contributed by atoms with Gasteiger partial charge in [-0.1, -0.05) is 0 Å². The molecule has 1 unspecified atom stereocenters. The number of rotatable bonds is 2. The number of ether oxygens (including phenoxy) is 2. The Morgan fingerprint density at radius 3 is 2.67 bits per heavy atom. The molecule has 0 spiro atoms. The van der Waals surface area contributed by atoms with Crippen LogP contribution in [-0.2, 0) is 9.47 Å². The topological polar surface area (TPSA) is 61.6 Å². The van der Waals surface area contributed by atoms with Crippen molar-refractivity contribution >= 4 is 0 Å². The molecule has 12 heavy (non-hydrogen) atoms. The quantitative estimate of drug-likeness (QED) is 0.460. The Hall–Kier alpha value is -0.680. The zero-order valence-corrected chi connectivity index (χ0v) is 7.23. The standard InChI is InChI=1S/C7H13NO4/c1-5-6(8(9)10)3-4-7(11-2)12-5/h5-7H,3-4H2,1-2H3/t5?,6-,7+/m1/s1. The summed E-state index contributed by atoms with van der Waals surface area (Å²) in [6, 6.07) is -0.573. The molecule has 0 bridgehead atoms. The average molecular weight is 175 g/mol. The minimum atomic E-state index is -0.573. The van der Waals surface area contributed by atoms with E-state index in [0.717, 1.165) is 0 Å². The van der Waals surface area contributed by atoms with E-state index in [0.29, 0.717) is 12.8 Å². The van der Waals surface area contributed by atoms with E-state index in [1.165, 1.54) is 0 Å². The van der Waals surface area contributed by atoms with Crippen molar-refractivity contribution < 1.29 is 14.4 Å². The van der Waals surface area contributed by atoms with Crippen molar-refractivity contribution in [2.45, 2.75) is 38.2 Å². The van der Waals surface area contributed by atoms with Crippen LogP contribution in [0.5, 0.6) is 0 Å². The number of hydrogen-bond acceptors (Lipinski definition) is 4. The van der Waals surface area contributed by atoms with Gasteiger partial charge in [-0.25, -0.2) is 0 Å². The molecule has 70 valence electrons. The van der Waals surface area contributed by atoms with Crippen LogP contribution in [0.25, 0.3) is 0 Å². The van der Waals surface area contributed by atoms with Gasteiger partial charge in [-0.3, -0.25) is 10.1 Å². The minimum Gasteiger partial charge on any atom is -0.356 e. The van der Waals surface area contributed by atoms with E-state index in [1.54, 1.807) is 14.0 Å². The van der Waals surface area contributed by atoms with E-state index in [9.17, 15) is 10.1 Å². The maximum atomic E-state index is 10.4. The van der Waals surface area contributed by atoms with E-state index < -0.39 is 6.04 Å². The van der Waals surface area contributed by atoms with Crippen molar-refractivity contribution in [3.8, 4) is 0 Å². The molecule has 1 aliphatic rings. The predicted octanol–water partition coefficient (Wildman–Crippen LogP) is 0.803. The van der Waals surface area contributed by atoms with Crippen molar-refractivity contribution in [3.05, 3.63) is 10.1 Å². The summed E-state index contributed by atoms with van der Waals surface area (Å²) in [4.78, 5) is 10.2. The van der Waals surface area contributed by atoms with Crippen LogP contribution in [0.1, 0.15) is 19.8 Å². The van der Waals surface area contributed by atoms with Crippen molar-refractivity contribution in [2.75, 3.05) is 7.11 Å². The van der Waals surface area contributed by atoms with Crippen LogP contribution < -0.4 is 0 Å². The highest BCUT2D eigenvalue weighted by atomic mass is 16.7. The molecule has 5 heteroatoms. The summed E-state index contributed by atoms with van der Waals surface area (Å²) in [7, 11) is 1.55. The van der Waals surface area contributed by atoms with Crippen LogP contribution in [0.4, 0.5) is 0 Å². The van der Waals surface area contributed by atoms with E-state index in [1.807, 2.05) is 0 Å². The summed E-state index contributed by atoms with van der Waals surface area (Å²) in [5.41, 5.74) is 0. The Kier molecular flexibility index (Phi) is 2.99. The summed E-state index contributed by atoms with van der Waals surface area (Å²) in [5, 5.41) is 10.4. The largest absolute Gasteiger partial charge is 0.356 e. The molecule has 1 saturated heterocycles. The first-order valence-electron chi connectivity index (χ1n) is 3.97. The van der Waals surface area contributed by atoms with Gasteiger partial charge in [0, 0.05) is 24.9 Å². The van der Waals surface area contributed by atoms with Gasteiger partial charge < -0.3 is 9.47 Å². The molecule has 0 aromatic heterocycles. The van der Waals surface area contributed by atoms with Crippen LogP contribution in [0.3, 0.4) is 0 Å². The Bertz CT molecular complexity index is 173. The maximum Gasteiger partial charge on any atom is 0.238 e. The lowest BCUT2D eigenvalue weighted by atomic mass is 10.0. The molecule has 0 N–H and O–H groups in total. The van der Waals surface area contributed by atoms with Gasteiger partial charge in [0.05, 0.1) is 0 Å². The van der Waals surface area contributed by atoms with Crippen LogP contribution >= 0.6 is 0 Å². The van der Waals surface area contributed by atoms with Gasteiger partial charge in [-0.15, -0.1) is 0 Å². The van der Waals surface area contributed by atoms with Crippen LogP contribution in [0, 0.1) is 10.1 Å². The molecule has 0 amide bonds. The Balaban J connectivity index is 2.47.